The highest BCUT2D eigenvalue weighted by molar-refractivity contribution is 6.00. The third-order valence-corrected chi connectivity index (χ3v) is 5.76. The molecule has 0 aromatic carbocycles. The zero-order valence-electron chi connectivity index (χ0n) is 13.5. The van der Waals surface area contributed by atoms with E-state index in [4.69, 9.17) is 0 Å². The third kappa shape index (κ3) is 2.58. The molecule has 0 aromatic rings. The van der Waals surface area contributed by atoms with Gasteiger partial charge in [0.15, 0.2) is 0 Å². The molecule has 2 aliphatic carbocycles. The summed E-state index contributed by atoms with van der Waals surface area (Å²) in [5.74, 6) is 1.51. The fraction of sp³-hybridized carbons (Fsp3) is 0.882. The Hall–Kier alpha value is -1.06. The molecule has 0 radical (unpaired) electrons. The Kier molecular flexibility index (Phi) is 3.74. The molecule has 1 heterocycles. The van der Waals surface area contributed by atoms with Crippen LogP contribution in [0.1, 0.15) is 59.3 Å². The highest BCUT2D eigenvalue weighted by Crippen LogP contribution is 2.45. The summed E-state index contributed by atoms with van der Waals surface area (Å²) in [6, 6.07) is -0.204. The predicted molar refractivity (Wildman–Crippen MR) is 81.6 cm³/mol. The van der Waals surface area contributed by atoms with Gasteiger partial charge in [0, 0.05) is 6.54 Å². The molecule has 118 valence electrons. The Morgan fingerprint density at radius 2 is 1.81 bits per heavy atom. The van der Waals surface area contributed by atoms with Gasteiger partial charge in [0.25, 0.3) is 0 Å². The lowest BCUT2D eigenvalue weighted by molar-refractivity contribution is -0.157. The Balaban J connectivity index is 1.85. The number of nitrogens with zero attached hydrogens (tertiary/aromatic N) is 1. The van der Waals surface area contributed by atoms with E-state index < -0.39 is 5.54 Å². The van der Waals surface area contributed by atoms with E-state index in [1.807, 2.05) is 11.8 Å². The molecule has 3 rings (SSSR count). The van der Waals surface area contributed by atoms with Crippen molar-refractivity contribution in [3.63, 3.8) is 0 Å². The number of carbonyl (C=O) groups excluding carboxylic acids is 2. The van der Waals surface area contributed by atoms with Crippen LogP contribution in [-0.4, -0.2) is 34.8 Å². The van der Waals surface area contributed by atoms with E-state index in [1.54, 1.807) is 0 Å². The van der Waals surface area contributed by atoms with Crippen molar-refractivity contribution in [3.05, 3.63) is 0 Å². The highest BCUT2D eigenvalue weighted by atomic mass is 16.2. The maximum Gasteiger partial charge on any atom is 0.249 e. The second-order valence-corrected chi connectivity index (χ2v) is 7.39. The van der Waals surface area contributed by atoms with Crippen molar-refractivity contribution < 1.29 is 9.59 Å². The summed E-state index contributed by atoms with van der Waals surface area (Å²) < 4.78 is 0. The second kappa shape index (κ2) is 5.29. The lowest BCUT2D eigenvalue weighted by Crippen LogP contribution is -2.71. The molecule has 3 aliphatic rings. The predicted octanol–water partition coefficient (Wildman–Crippen LogP) is 2.33. The van der Waals surface area contributed by atoms with Crippen LogP contribution in [0.25, 0.3) is 0 Å². The molecule has 4 heteroatoms. The first-order valence-corrected chi connectivity index (χ1v) is 8.64. The van der Waals surface area contributed by atoms with Crippen LogP contribution in [0.4, 0.5) is 0 Å². The van der Waals surface area contributed by atoms with E-state index in [-0.39, 0.29) is 17.9 Å². The summed E-state index contributed by atoms with van der Waals surface area (Å²) in [7, 11) is 0. The number of nitrogens with one attached hydrogen (secondary N) is 1. The smallest absolute Gasteiger partial charge is 0.249 e. The van der Waals surface area contributed by atoms with Crippen LogP contribution in [0, 0.1) is 17.8 Å². The second-order valence-electron chi connectivity index (χ2n) is 7.39. The summed E-state index contributed by atoms with van der Waals surface area (Å²) in [6.07, 6.45) is 6.44. The standard InChI is InChI=1S/C17H28N2O2/c1-4-11(5-2)10-19-14(12-6-7-12)15(20)18-17(3,16(19)21)13-8-9-13/h11-14H,4-10H2,1-3H3,(H,18,20). The molecule has 4 nitrogen and oxygen atoms in total. The molecule has 3 fully saturated rings. The van der Waals surface area contributed by atoms with E-state index in [0.717, 1.165) is 45.1 Å². The zero-order chi connectivity index (χ0) is 15.2. The molecule has 2 amide bonds. The topological polar surface area (TPSA) is 49.4 Å². The van der Waals surface area contributed by atoms with Crippen LogP contribution < -0.4 is 5.32 Å². The third-order valence-electron chi connectivity index (χ3n) is 5.76. The summed E-state index contributed by atoms with van der Waals surface area (Å²) in [6.45, 7) is 7.04. The van der Waals surface area contributed by atoms with Gasteiger partial charge in [-0.05, 0) is 50.4 Å². The van der Waals surface area contributed by atoms with Gasteiger partial charge in [-0.2, -0.15) is 0 Å². The maximum absolute atomic E-state index is 13.1. The normalized spacial score (nSPS) is 33.5. The average molecular weight is 292 g/mol. The monoisotopic (exact) mass is 292 g/mol. The molecule has 0 spiro atoms. The van der Waals surface area contributed by atoms with Gasteiger partial charge in [-0.25, -0.2) is 0 Å². The lowest BCUT2D eigenvalue weighted by atomic mass is 9.87. The molecule has 1 saturated heterocycles. The molecule has 1 aliphatic heterocycles. The van der Waals surface area contributed by atoms with Gasteiger partial charge in [-0.1, -0.05) is 26.7 Å². The maximum atomic E-state index is 13.1. The molecule has 2 unspecified atom stereocenters. The van der Waals surface area contributed by atoms with Crippen molar-refractivity contribution in [1.82, 2.24) is 10.2 Å². The van der Waals surface area contributed by atoms with Crippen molar-refractivity contribution in [3.8, 4) is 0 Å². The van der Waals surface area contributed by atoms with Crippen molar-refractivity contribution in [2.45, 2.75) is 70.9 Å². The van der Waals surface area contributed by atoms with Gasteiger partial charge in [-0.3, -0.25) is 9.59 Å². The summed E-state index contributed by atoms with van der Waals surface area (Å²) in [4.78, 5) is 27.7. The van der Waals surface area contributed by atoms with Gasteiger partial charge in [-0.15, -0.1) is 0 Å². The van der Waals surface area contributed by atoms with Crippen molar-refractivity contribution >= 4 is 11.8 Å². The highest BCUT2D eigenvalue weighted by Gasteiger charge is 2.57. The van der Waals surface area contributed by atoms with Gasteiger partial charge < -0.3 is 10.2 Å². The van der Waals surface area contributed by atoms with Crippen molar-refractivity contribution in [1.29, 1.82) is 0 Å². The largest absolute Gasteiger partial charge is 0.340 e. The molecule has 2 saturated carbocycles. The fourth-order valence-electron chi connectivity index (χ4n) is 3.79. The average Bonchev–Trinajstić information content (AvgIpc) is 3.31. The van der Waals surface area contributed by atoms with E-state index in [1.165, 1.54) is 0 Å². The summed E-state index contributed by atoms with van der Waals surface area (Å²) in [5.41, 5.74) is -0.644. The van der Waals surface area contributed by atoms with Crippen LogP contribution in [0.2, 0.25) is 0 Å². The molecule has 1 N–H and O–H groups in total. The van der Waals surface area contributed by atoms with Crippen molar-refractivity contribution in [2.24, 2.45) is 17.8 Å². The number of amides is 2. The molecule has 0 aromatic heterocycles. The minimum atomic E-state index is -0.644. The first-order chi connectivity index (χ1) is 10.0. The lowest BCUT2D eigenvalue weighted by Gasteiger charge is -2.46. The zero-order valence-corrected chi connectivity index (χ0v) is 13.5. The van der Waals surface area contributed by atoms with E-state index in [9.17, 15) is 9.59 Å². The number of carbonyl (C=O) groups is 2. The quantitative estimate of drug-likeness (QED) is 0.817. The fourth-order valence-corrected chi connectivity index (χ4v) is 3.79. The van der Waals surface area contributed by atoms with Gasteiger partial charge in [0.05, 0.1) is 0 Å². The Bertz CT molecular complexity index is 438. The Morgan fingerprint density at radius 3 is 2.29 bits per heavy atom. The Labute approximate surface area is 127 Å². The van der Waals surface area contributed by atoms with Crippen LogP contribution in [0.3, 0.4) is 0 Å². The van der Waals surface area contributed by atoms with Gasteiger partial charge in [0.1, 0.15) is 11.6 Å². The molecule has 2 atom stereocenters. The Morgan fingerprint density at radius 1 is 1.19 bits per heavy atom. The van der Waals surface area contributed by atoms with E-state index >= 15 is 0 Å². The molecular formula is C17H28N2O2. The summed E-state index contributed by atoms with van der Waals surface area (Å²) >= 11 is 0. The van der Waals surface area contributed by atoms with Crippen LogP contribution >= 0.6 is 0 Å². The first kappa shape index (κ1) is 14.9. The molecule has 21 heavy (non-hydrogen) atoms. The number of piperazine rings is 1. The first-order valence-electron chi connectivity index (χ1n) is 8.64. The number of hydrogen-bond donors (Lipinski definition) is 1. The van der Waals surface area contributed by atoms with Gasteiger partial charge >= 0.3 is 0 Å². The van der Waals surface area contributed by atoms with Crippen molar-refractivity contribution in [2.75, 3.05) is 6.54 Å². The molecular weight excluding hydrogens is 264 g/mol. The number of hydrogen-bond acceptors (Lipinski definition) is 2. The van der Waals surface area contributed by atoms with Crippen LogP contribution in [-0.2, 0) is 9.59 Å². The van der Waals surface area contributed by atoms with Crippen LogP contribution in [0.15, 0.2) is 0 Å². The van der Waals surface area contributed by atoms with E-state index in [2.05, 4.69) is 19.2 Å². The number of rotatable bonds is 6. The molecule has 0 bridgehead atoms. The SMILES string of the molecule is CCC(CC)CN1C(=O)C(C)(C2CC2)NC(=O)C1C1CC1. The minimum Gasteiger partial charge on any atom is -0.340 e. The minimum absolute atomic E-state index is 0.0949. The van der Waals surface area contributed by atoms with E-state index in [0.29, 0.717) is 17.8 Å². The van der Waals surface area contributed by atoms with Gasteiger partial charge in [0.2, 0.25) is 11.8 Å². The summed E-state index contributed by atoms with van der Waals surface area (Å²) in [5, 5.41) is 3.09. The van der Waals surface area contributed by atoms with Crippen LogP contribution in [0.5, 0.6) is 0 Å².